The van der Waals surface area contributed by atoms with Crippen LogP contribution in [0.2, 0.25) is 0 Å². The third-order valence-electron chi connectivity index (χ3n) is 2.83. The third-order valence-corrected chi connectivity index (χ3v) is 3.03. The molecule has 96 valence electrons. The summed E-state index contributed by atoms with van der Waals surface area (Å²) in [7, 11) is 3.76. The SMILES string of the molecule is Cc1nn(C)c(NCc2ccnn2C)c1C(N)=S. The van der Waals surface area contributed by atoms with Crippen molar-refractivity contribution in [1.82, 2.24) is 19.6 Å². The maximum atomic E-state index is 5.73. The van der Waals surface area contributed by atoms with Gasteiger partial charge in [0.15, 0.2) is 0 Å². The molecule has 0 amide bonds. The summed E-state index contributed by atoms with van der Waals surface area (Å²) >= 11 is 5.06. The van der Waals surface area contributed by atoms with Gasteiger partial charge < -0.3 is 11.1 Å². The summed E-state index contributed by atoms with van der Waals surface area (Å²) in [6.07, 6.45) is 1.76. The Kier molecular flexibility index (Phi) is 3.33. The van der Waals surface area contributed by atoms with Crippen LogP contribution >= 0.6 is 12.2 Å². The monoisotopic (exact) mass is 264 g/mol. The van der Waals surface area contributed by atoms with E-state index in [1.807, 2.05) is 31.8 Å². The van der Waals surface area contributed by atoms with Crippen molar-refractivity contribution < 1.29 is 0 Å². The van der Waals surface area contributed by atoms with E-state index in [1.165, 1.54) is 0 Å². The average Bonchev–Trinajstić information content (AvgIpc) is 2.79. The highest BCUT2D eigenvalue weighted by atomic mass is 32.1. The van der Waals surface area contributed by atoms with Crippen molar-refractivity contribution in [3.8, 4) is 0 Å². The van der Waals surface area contributed by atoms with Gasteiger partial charge in [0.25, 0.3) is 0 Å². The first kappa shape index (κ1) is 12.6. The Labute approximate surface area is 111 Å². The molecule has 0 aliphatic carbocycles. The van der Waals surface area contributed by atoms with Crippen molar-refractivity contribution in [2.75, 3.05) is 5.32 Å². The number of thiocarbonyl (C=S) groups is 1. The molecular formula is C11H16N6S. The molecule has 2 aromatic rings. The van der Waals surface area contributed by atoms with Gasteiger partial charge in [0, 0.05) is 20.3 Å². The Morgan fingerprint density at radius 2 is 2.17 bits per heavy atom. The molecule has 0 aliphatic rings. The second-order valence-corrected chi connectivity index (χ2v) is 4.54. The molecule has 0 unspecified atom stereocenters. The number of aryl methyl sites for hydroxylation is 3. The second kappa shape index (κ2) is 4.77. The predicted octanol–water partition coefficient (Wildman–Crippen LogP) is 0.708. The summed E-state index contributed by atoms with van der Waals surface area (Å²) in [6.45, 7) is 2.54. The number of hydrogen-bond donors (Lipinski definition) is 2. The summed E-state index contributed by atoms with van der Waals surface area (Å²) in [6, 6.07) is 1.96. The van der Waals surface area contributed by atoms with Gasteiger partial charge in [-0.15, -0.1) is 0 Å². The number of rotatable bonds is 4. The minimum absolute atomic E-state index is 0.355. The minimum Gasteiger partial charge on any atom is -0.389 e. The Morgan fingerprint density at radius 1 is 1.44 bits per heavy atom. The lowest BCUT2D eigenvalue weighted by Crippen LogP contribution is -2.15. The van der Waals surface area contributed by atoms with E-state index >= 15 is 0 Å². The lowest BCUT2D eigenvalue weighted by atomic mass is 10.2. The quantitative estimate of drug-likeness (QED) is 0.796. The average molecular weight is 264 g/mol. The molecular weight excluding hydrogens is 248 g/mol. The van der Waals surface area contributed by atoms with Gasteiger partial charge in [-0.25, -0.2) is 0 Å². The molecule has 0 aromatic carbocycles. The van der Waals surface area contributed by atoms with Gasteiger partial charge >= 0.3 is 0 Å². The van der Waals surface area contributed by atoms with Crippen LogP contribution in [0.5, 0.6) is 0 Å². The standard InChI is InChI=1S/C11H16N6S/c1-7-9(10(12)18)11(17(3)15-7)13-6-8-4-5-14-16(8)2/h4-5,13H,6H2,1-3H3,(H2,12,18). The largest absolute Gasteiger partial charge is 0.389 e. The number of aromatic nitrogens is 4. The molecule has 0 spiro atoms. The number of nitrogens with one attached hydrogen (secondary N) is 1. The van der Waals surface area contributed by atoms with E-state index in [9.17, 15) is 0 Å². The molecule has 0 saturated carbocycles. The maximum absolute atomic E-state index is 5.73. The van der Waals surface area contributed by atoms with E-state index in [-0.39, 0.29) is 0 Å². The van der Waals surface area contributed by atoms with Crippen molar-refractivity contribution in [2.45, 2.75) is 13.5 Å². The van der Waals surface area contributed by atoms with Gasteiger partial charge in [0.05, 0.1) is 23.5 Å². The van der Waals surface area contributed by atoms with Gasteiger partial charge in [-0.3, -0.25) is 9.36 Å². The van der Waals surface area contributed by atoms with Crippen LogP contribution in [0.1, 0.15) is 17.0 Å². The van der Waals surface area contributed by atoms with Gasteiger partial charge in [-0.1, -0.05) is 12.2 Å². The third kappa shape index (κ3) is 2.21. The second-order valence-electron chi connectivity index (χ2n) is 4.10. The van der Waals surface area contributed by atoms with Crippen LogP contribution in [-0.4, -0.2) is 24.5 Å². The zero-order chi connectivity index (χ0) is 13.3. The van der Waals surface area contributed by atoms with Crippen LogP contribution in [0.4, 0.5) is 5.82 Å². The molecule has 18 heavy (non-hydrogen) atoms. The number of nitrogens with zero attached hydrogens (tertiary/aromatic N) is 4. The summed E-state index contributed by atoms with van der Waals surface area (Å²) in [4.78, 5) is 0.355. The molecule has 2 rings (SSSR count). The molecule has 3 N–H and O–H groups in total. The lowest BCUT2D eigenvalue weighted by molar-refractivity contribution is 0.712. The molecule has 7 heteroatoms. The van der Waals surface area contributed by atoms with Crippen LogP contribution in [-0.2, 0) is 20.6 Å². The lowest BCUT2D eigenvalue weighted by Gasteiger charge is -2.09. The molecule has 0 saturated heterocycles. The van der Waals surface area contributed by atoms with Gasteiger partial charge in [-0.2, -0.15) is 10.2 Å². The van der Waals surface area contributed by atoms with Crippen molar-refractivity contribution in [2.24, 2.45) is 19.8 Å². The van der Waals surface area contributed by atoms with E-state index in [1.54, 1.807) is 10.9 Å². The highest BCUT2D eigenvalue weighted by Crippen LogP contribution is 2.19. The fourth-order valence-corrected chi connectivity index (χ4v) is 2.15. The zero-order valence-corrected chi connectivity index (χ0v) is 11.5. The first-order valence-electron chi connectivity index (χ1n) is 5.55. The molecule has 2 heterocycles. The molecule has 0 radical (unpaired) electrons. The topological polar surface area (TPSA) is 73.7 Å². The number of hydrogen-bond acceptors (Lipinski definition) is 4. The highest BCUT2D eigenvalue weighted by molar-refractivity contribution is 7.80. The summed E-state index contributed by atoms with van der Waals surface area (Å²) in [5, 5.41) is 11.7. The van der Waals surface area contributed by atoms with Crippen molar-refractivity contribution >= 4 is 23.0 Å². The van der Waals surface area contributed by atoms with Gasteiger partial charge in [0.1, 0.15) is 10.8 Å². The van der Waals surface area contributed by atoms with Crippen LogP contribution in [0, 0.1) is 6.92 Å². The fraction of sp³-hybridized carbons (Fsp3) is 0.364. The first-order chi connectivity index (χ1) is 8.50. The van der Waals surface area contributed by atoms with E-state index < -0.39 is 0 Å². The number of nitrogens with two attached hydrogens (primary N) is 1. The molecule has 0 aliphatic heterocycles. The highest BCUT2D eigenvalue weighted by Gasteiger charge is 2.15. The van der Waals surface area contributed by atoms with Gasteiger partial charge in [-0.05, 0) is 13.0 Å². The summed E-state index contributed by atoms with van der Waals surface area (Å²) in [5.41, 5.74) is 8.43. The van der Waals surface area contributed by atoms with Crippen LogP contribution in [0.15, 0.2) is 12.3 Å². The Morgan fingerprint density at radius 3 is 2.72 bits per heavy atom. The normalized spacial score (nSPS) is 10.6. The Balaban J connectivity index is 2.24. The van der Waals surface area contributed by atoms with E-state index in [2.05, 4.69) is 15.5 Å². The fourth-order valence-electron chi connectivity index (χ4n) is 1.90. The molecule has 0 bridgehead atoms. The van der Waals surface area contributed by atoms with Crippen molar-refractivity contribution in [3.05, 3.63) is 29.2 Å². The van der Waals surface area contributed by atoms with Crippen LogP contribution in [0.3, 0.4) is 0 Å². The smallest absolute Gasteiger partial charge is 0.134 e. The van der Waals surface area contributed by atoms with E-state index in [0.29, 0.717) is 11.5 Å². The molecule has 6 nitrogen and oxygen atoms in total. The zero-order valence-electron chi connectivity index (χ0n) is 10.6. The number of anilines is 1. The van der Waals surface area contributed by atoms with Crippen LogP contribution in [0.25, 0.3) is 0 Å². The van der Waals surface area contributed by atoms with Crippen LogP contribution < -0.4 is 11.1 Å². The molecule has 2 aromatic heterocycles. The van der Waals surface area contributed by atoms with Gasteiger partial charge in [0.2, 0.25) is 0 Å². The Hall–Kier alpha value is -1.89. The van der Waals surface area contributed by atoms with Crippen molar-refractivity contribution in [1.29, 1.82) is 0 Å². The maximum Gasteiger partial charge on any atom is 0.134 e. The summed E-state index contributed by atoms with van der Waals surface area (Å²) < 4.78 is 3.57. The van der Waals surface area contributed by atoms with E-state index in [0.717, 1.165) is 22.8 Å². The first-order valence-corrected chi connectivity index (χ1v) is 5.95. The van der Waals surface area contributed by atoms with Crippen molar-refractivity contribution in [3.63, 3.8) is 0 Å². The molecule has 0 atom stereocenters. The Bertz CT molecular complexity index is 582. The molecule has 0 fully saturated rings. The minimum atomic E-state index is 0.355. The predicted molar refractivity (Wildman–Crippen MR) is 74.4 cm³/mol. The summed E-state index contributed by atoms with van der Waals surface area (Å²) in [5.74, 6) is 0.834. The van der Waals surface area contributed by atoms with E-state index in [4.69, 9.17) is 18.0 Å².